The van der Waals surface area contributed by atoms with E-state index in [9.17, 15) is 0 Å². The number of rotatable bonds is 6. The molecule has 1 rings (SSSR count). The van der Waals surface area contributed by atoms with Crippen molar-refractivity contribution in [2.45, 2.75) is 13.0 Å². The highest BCUT2D eigenvalue weighted by Crippen LogP contribution is 2.16. The number of nitrogens with zero attached hydrogens (tertiary/aromatic N) is 2. The van der Waals surface area contributed by atoms with E-state index in [2.05, 4.69) is 31.4 Å². The van der Waals surface area contributed by atoms with Gasteiger partial charge in [0.15, 0.2) is 10.3 Å². The van der Waals surface area contributed by atoms with E-state index in [-0.39, 0.29) is 0 Å². The summed E-state index contributed by atoms with van der Waals surface area (Å²) in [5.41, 5.74) is 7.34. The largest absolute Gasteiger partial charge is 0.492 e. The fraction of sp³-hybridized carbons (Fsp3) is 0.429. The maximum atomic E-state index is 5.73. The lowest BCUT2D eigenvalue weighted by atomic mass is 10.3. The van der Waals surface area contributed by atoms with Crippen molar-refractivity contribution in [3.8, 4) is 5.75 Å². The molecule has 0 heterocycles. The molecule has 0 aromatic heterocycles. The van der Waals surface area contributed by atoms with Gasteiger partial charge < -0.3 is 20.7 Å². The van der Waals surface area contributed by atoms with Crippen LogP contribution in [-0.4, -0.2) is 47.4 Å². The molecule has 0 amide bonds. The molecule has 0 saturated heterocycles. The summed E-state index contributed by atoms with van der Waals surface area (Å²) in [7, 11) is 6.63. The number of anilines is 1. The molecular weight excluding hydrogens is 335 g/mol. The summed E-state index contributed by atoms with van der Waals surface area (Å²) >= 11 is 6.56. The summed E-state index contributed by atoms with van der Waals surface area (Å²) in [6, 6.07) is 7.96. The lowest BCUT2D eigenvalue weighted by molar-refractivity contribution is 0.198. The van der Waals surface area contributed by atoms with Crippen LogP contribution in [0.4, 0.5) is 5.69 Å². The Hall–Kier alpha value is -0.880. The Morgan fingerprint density at radius 2 is 2.09 bits per heavy atom. The minimum Gasteiger partial charge on any atom is -0.492 e. The number of nitrogens with one attached hydrogen (secondary N) is 1. The summed E-state index contributed by atoms with van der Waals surface area (Å²) in [4.78, 5) is 6.21. The number of likely N-dealkylation sites (N-methyl/N-ethyl adjacent to an activating group) is 1. The van der Waals surface area contributed by atoms with Gasteiger partial charge in [-0.25, -0.2) is 0 Å². The molecule has 0 aliphatic rings. The van der Waals surface area contributed by atoms with Crippen molar-refractivity contribution in [2.24, 2.45) is 10.7 Å². The molecule has 0 bridgehead atoms. The molecule has 0 saturated carbocycles. The van der Waals surface area contributed by atoms with Gasteiger partial charge in [-0.05, 0) is 57.5 Å². The van der Waals surface area contributed by atoms with Crippen LogP contribution in [0.2, 0.25) is 0 Å². The van der Waals surface area contributed by atoms with Crippen molar-refractivity contribution in [1.29, 1.82) is 0 Å². The minimum atomic E-state index is 0.346. The van der Waals surface area contributed by atoms with Gasteiger partial charge in [-0.15, -0.1) is 9.24 Å². The predicted molar refractivity (Wildman–Crippen MR) is 105 cm³/mol. The number of thiocarbonyl (C=S) groups is 1. The number of hydrogen-bond acceptors (Lipinski definition) is 4. The van der Waals surface area contributed by atoms with Crippen LogP contribution in [0.15, 0.2) is 29.3 Å². The summed E-state index contributed by atoms with van der Waals surface area (Å²) in [6.45, 7) is 2.76. The molecular formula is C14H23N4OPS2. The summed E-state index contributed by atoms with van der Waals surface area (Å²) in [6.07, 6.45) is 0. The predicted octanol–water partition coefficient (Wildman–Crippen LogP) is 2.59. The van der Waals surface area contributed by atoms with E-state index in [4.69, 9.17) is 22.7 Å². The molecule has 0 aliphatic carbocycles. The van der Waals surface area contributed by atoms with Crippen molar-refractivity contribution >= 4 is 49.2 Å². The maximum Gasteiger partial charge on any atom is 0.199 e. The van der Waals surface area contributed by atoms with Gasteiger partial charge in [0.1, 0.15) is 12.4 Å². The number of ether oxygens (including phenoxy) is 1. The number of hydrogen-bond donors (Lipinski definition) is 2. The van der Waals surface area contributed by atoms with Gasteiger partial charge in [-0.3, -0.25) is 0 Å². The van der Waals surface area contributed by atoms with Crippen LogP contribution in [0.25, 0.3) is 0 Å². The van der Waals surface area contributed by atoms with E-state index >= 15 is 0 Å². The highest BCUT2D eigenvalue weighted by molar-refractivity contribution is 8.16. The van der Waals surface area contributed by atoms with E-state index in [0.717, 1.165) is 16.9 Å². The van der Waals surface area contributed by atoms with Crippen molar-refractivity contribution in [3.63, 3.8) is 0 Å². The van der Waals surface area contributed by atoms with E-state index in [1.807, 2.05) is 38.4 Å². The van der Waals surface area contributed by atoms with Gasteiger partial charge >= 0.3 is 0 Å². The fourth-order valence-electron chi connectivity index (χ4n) is 1.37. The zero-order valence-corrected chi connectivity index (χ0v) is 15.9. The first-order valence-electron chi connectivity index (χ1n) is 6.79. The number of nitrogens with two attached hydrogens (primary N) is 1. The molecule has 1 aromatic carbocycles. The first kappa shape index (κ1) is 19.2. The normalized spacial score (nSPS) is 13.0. The Kier molecular flexibility index (Phi) is 8.71. The van der Waals surface area contributed by atoms with Crippen LogP contribution in [0, 0.1) is 0 Å². The highest BCUT2D eigenvalue weighted by Gasteiger charge is 2.05. The molecule has 122 valence electrons. The van der Waals surface area contributed by atoms with Gasteiger partial charge in [0, 0.05) is 17.2 Å². The molecule has 0 aliphatic heterocycles. The van der Waals surface area contributed by atoms with Crippen LogP contribution < -0.4 is 15.8 Å². The molecule has 0 fully saturated rings. The lowest BCUT2D eigenvalue weighted by Gasteiger charge is -2.20. The monoisotopic (exact) mass is 358 g/mol. The Morgan fingerprint density at radius 3 is 2.64 bits per heavy atom. The zero-order valence-electron chi connectivity index (χ0n) is 13.1. The average Bonchev–Trinajstić information content (AvgIpc) is 2.46. The first-order valence-corrected chi connectivity index (χ1v) is 9.00. The lowest BCUT2D eigenvalue weighted by Crippen LogP contribution is -2.30. The van der Waals surface area contributed by atoms with Crippen molar-refractivity contribution in [1.82, 2.24) is 4.90 Å². The van der Waals surface area contributed by atoms with Crippen LogP contribution >= 0.6 is 33.2 Å². The third kappa shape index (κ3) is 7.40. The number of aliphatic imine (C=N–C) groups is 1. The molecule has 0 spiro atoms. The molecule has 22 heavy (non-hydrogen) atoms. The van der Waals surface area contributed by atoms with Crippen molar-refractivity contribution < 1.29 is 4.74 Å². The second-order valence-corrected chi connectivity index (χ2v) is 7.27. The van der Waals surface area contributed by atoms with Gasteiger partial charge in [-0.2, -0.15) is 4.99 Å². The Balaban J connectivity index is 2.51. The topological polar surface area (TPSA) is 62.9 Å². The first-order chi connectivity index (χ1) is 10.4. The van der Waals surface area contributed by atoms with Gasteiger partial charge in [0.05, 0.1) is 0 Å². The summed E-state index contributed by atoms with van der Waals surface area (Å²) < 4.78 is 5.73. The van der Waals surface area contributed by atoms with Crippen LogP contribution in [0.1, 0.15) is 6.92 Å². The van der Waals surface area contributed by atoms with Gasteiger partial charge in [-0.1, -0.05) is 11.8 Å². The van der Waals surface area contributed by atoms with Crippen LogP contribution in [0.5, 0.6) is 5.75 Å². The van der Waals surface area contributed by atoms with E-state index in [1.165, 1.54) is 11.8 Å². The summed E-state index contributed by atoms with van der Waals surface area (Å²) in [5.74, 6) is 0.826. The smallest absolute Gasteiger partial charge is 0.199 e. The zero-order chi connectivity index (χ0) is 16.5. The van der Waals surface area contributed by atoms with E-state index < -0.39 is 0 Å². The van der Waals surface area contributed by atoms with Gasteiger partial charge in [0.25, 0.3) is 0 Å². The Bertz CT molecular complexity index is 508. The summed E-state index contributed by atoms with van der Waals surface area (Å²) in [5, 5.41) is 3.82. The second-order valence-electron chi connectivity index (χ2n) is 4.84. The van der Waals surface area contributed by atoms with Crippen molar-refractivity contribution in [2.75, 3.05) is 31.5 Å². The molecule has 8 heteroatoms. The SMILES string of the molecule is CC(COc1ccc(NC(=S)N=C(N)SCP)cc1)N(C)C. The molecule has 1 aromatic rings. The maximum absolute atomic E-state index is 5.73. The molecule has 0 radical (unpaired) electrons. The molecule has 2 atom stereocenters. The molecule has 5 nitrogen and oxygen atoms in total. The number of amidine groups is 1. The standard InChI is InChI=1S/C14H23N4OPS2/c1-10(18(2)3)8-19-12-6-4-11(5-7-12)16-14(21)17-13(15)22-9-20/h4-7,10H,8-9,20H2,1-3H3,(H3,15,16,17,21). The fourth-order valence-corrected chi connectivity index (χ4v) is 2.48. The third-order valence-corrected chi connectivity index (χ3v) is 4.17. The number of thioether (sulfide) groups is 1. The number of benzene rings is 1. The van der Waals surface area contributed by atoms with Crippen molar-refractivity contribution in [3.05, 3.63) is 24.3 Å². The van der Waals surface area contributed by atoms with E-state index in [0.29, 0.717) is 22.9 Å². The van der Waals surface area contributed by atoms with Gasteiger partial charge in [0.2, 0.25) is 0 Å². The third-order valence-electron chi connectivity index (χ3n) is 2.92. The molecule has 3 N–H and O–H groups in total. The average molecular weight is 358 g/mol. The quantitative estimate of drug-likeness (QED) is 0.353. The van der Waals surface area contributed by atoms with E-state index in [1.54, 1.807) is 0 Å². The van der Waals surface area contributed by atoms with Crippen LogP contribution in [-0.2, 0) is 0 Å². The molecule has 2 unspecified atom stereocenters. The van der Waals surface area contributed by atoms with Crippen LogP contribution in [0.3, 0.4) is 0 Å². The Morgan fingerprint density at radius 1 is 1.45 bits per heavy atom. The minimum absolute atomic E-state index is 0.346. The highest BCUT2D eigenvalue weighted by atomic mass is 32.2. The second kappa shape index (κ2) is 10.0. The Labute approximate surface area is 144 Å².